The Balaban J connectivity index is 1.75. The van der Waals surface area contributed by atoms with Crippen molar-refractivity contribution in [1.82, 2.24) is 15.1 Å². The van der Waals surface area contributed by atoms with Gasteiger partial charge in [-0.2, -0.15) is 0 Å². The molecule has 5 nitrogen and oxygen atoms in total. The van der Waals surface area contributed by atoms with Crippen LogP contribution in [0.2, 0.25) is 0 Å². The summed E-state index contributed by atoms with van der Waals surface area (Å²) in [7, 11) is 0. The number of carbonyl (C=O) groups excluding carboxylic acids is 1. The molecule has 2 fully saturated rings. The first-order valence-electron chi connectivity index (χ1n) is 6.65. The Kier molecular flexibility index (Phi) is 3.20. The number of rotatable bonds is 2. The molecule has 2 aliphatic rings. The number of aromatic nitrogens is 2. The lowest BCUT2D eigenvalue weighted by Crippen LogP contribution is -2.39. The van der Waals surface area contributed by atoms with E-state index < -0.39 is 0 Å². The van der Waals surface area contributed by atoms with E-state index in [0.717, 1.165) is 19.4 Å². The molecule has 6 heteroatoms. The first-order valence-corrected chi connectivity index (χ1v) is 7.47. The molecule has 0 radical (unpaired) electrons. The fraction of sp³-hybridized carbons (Fsp3) is 0.750. The third-order valence-electron chi connectivity index (χ3n) is 4.13. The van der Waals surface area contributed by atoms with Crippen molar-refractivity contribution in [3.05, 3.63) is 5.01 Å². The standard InChI is InChI=1S/C12H18N4OS/c13-12-15-14-10(18-12)11(17)16-7-3-6-9(16)8-4-1-2-5-8/h8-9H,1-7H2,(H2,13,15). The predicted molar refractivity (Wildman–Crippen MR) is 70.3 cm³/mol. The van der Waals surface area contributed by atoms with Gasteiger partial charge in [0.1, 0.15) is 0 Å². The number of amides is 1. The summed E-state index contributed by atoms with van der Waals surface area (Å²) < 4.78 is 0. The molecule has 1 saturated carbocycles. The van der Waals surface area contributed by atoms with Crippen LogP contribution in [0.25, 0.3) is 0 Å². The molecule has 0 aromatic carbocycles. The zero-order chi connectivity index (χ0) is 12.5. The van der Waals surface area contributed by atoms with E-state index >= 15 is 0 Å². The van der Waals surface area contributed by atoms with Gasteiger partial charge in [0.25, 0.3) is 5.91 Å². The fourth-order valence-corrected chi connectivity index (χ4v) is 3.89. The van der Waals surface area contributed by atoms with E-state index in [1.807, 2.05) is 4.90 Å². The zero-order valence-corrected chi connectivity index (χ0v) is 11.2. The summed E-state index contributed by atoms with van der Waals surface area (Å²) in [4.78, 5) is 14.4. The van der Waals surface area contributed by atoms with E-state index in [4.69, 9.17) is 5.73 Å². The highest BCUT2D eigenvalue weighted by molar-refractivity contribution is 7.16. The Morgan fingerprint density at radius 3 is 2.67 bits per heavy atom. The Morgan fingerprint density at radius 2 is 2.00 bits per heavy atom. The third-order valence-corrected chi connectivity index (χ3v) is 4.87. The zero-order valence-electron chi connectivity index (χ0n) is 10.3. The van der Waals surface area contributed by atoms with Crippen molar-refractivity contribution in [2.45, 2.75) is 44.6 Å². The molecule has 0 bridgehead atoms. The number of hydrogen-bond donors (Lipinski definition) is 1. The molecule has 1 unspecified atom stereocenters. The van der Waals surface area contributed by atoms with Crippen LogP contribution in [0.4, 0.5) is 5.13 Å². The van der Waals surface area contributed by atoms with Crippen molar-refractivity contribution in [3.63, 3.8) is 0 Å². The first-order chi connectivity index (χ1) is 8.75. The normalized spacial score (nSPS) is 24.9. The minimum atomic E-state index is 0.0265. The van der Waals surface area contributed by atoms with E-state index in [1.54, 1.807) is 0 Å². The largest absolute Gasteiger partial charge is 0.374 e. The molecule has 3 rings (SSSR count). The average Bonchev–Trinajstić information content (AvgIpc) is 3.08. The van der Waals surface area contributed by atoms with Crippen molar-refractivity contribution in [2.75, 3.05) is 12.3 Å². The van der Waals surface area contributed by atoms with Gasteiger partial charge in [-0.15, -0.1) is 10.2 Å². The van der Waals surface area contributed by atoms with Gasteiger partial charge in [-0.25, -0.2) is 0 Å². The number of carbonyl (C=O) groups is 1. The fourth-order valence-electron chi connectivity index (χ4n) is 3.32. The SMILES string of the molecule is Nc1nnc(C(=O)N2CCCC2C2CCCC2)s1. The summed E-state index contributed by atoms with van der Waals surface area (Å²) in [6.45, 7) is 0.861. The maximum Gasteiger partial charge on any atom is 0.285 e. The van der Waals surface area contributed by atoms with E-state index in [-0.39, 0.29) is 5.91 Å². The molecule has 1 aromatic heterocycles. The van der Waals surface area contributed by atoms with E-state index in [9.17, 15) is 4.79 Å². The predicted octanol–water partition coefficient (Wildman–Crippen LogP) is 1.92. The second kappa shape index (κ2) is 4.84. The summed E-state index contributed by atoms with van der Waals surface area (Å²) in [5.41, 5.74) is 5.55. The van der Waals surface area contributed by atoms with Crippen molar-refractivity contribution in [2.24, 2.45) is 5.92 Å². The van der Waals surface area contributed by atoms with Gasteiger partial charge >= 0.3 is 0 Å². The van der Waals surface area contributed by atoms with Gasteiger partial charge < -0.3 is 10.6 Å². The Hall–Kier alpha value is -1.17. The molecule has 1 saturated heterocycles. The minimum Gasteiger partial charge on any atom is -0.374 e. The van der Waals surface area contributed by atoms with E-state index in [2.05, 4.69) is 10.2 Å². The average molecular weight is 266 g/mol. The van der Waals surface area contributed by atoms with Gasteiger partial charge in [0.15, 0.2) is 0 Å². The number of hydrogen-bond acceptors (Lipinski definition) is 5. The molecule has 18 heavy (non-hydrogen) atoms. The van der Waals surface area contributed by atoms with Gasteiger partial charge in [0.2, 0.25) is 10.1 Å². The molecule has 98 valence electrons. The van der Waals surface area contributed by atoms with Gasteiger partial charge in [-0.1, -0.05) is 24.2 Å². The van der Waals surface area contributed by atoms with Gasteiger partial charge in [-0.05, 0) is 31.6 Å². The van der Waals surface area contributed by atoms with Gasteiger partial charge in [0, 0.05) is 12.6 Å². The molecular formula is C12H18N4OS. The van der Waals surface area contributed by atoms with Crippen molar-refractivity contribution < 1.29 is 4.79 Å². The van der Waals surface area contributed by atoms with Crippen LogP contribution in [0.5, 0.6) is 0 Å². The smallest absolute Gasteiger partial charge is 0.285 e. The van der Waals surface area contributed by atoms with Crippen LogP contribution in [0, 0.1) is 5.92 Å². The van der Waals surface area contributed by atoms with Crippen LogP contribution in [-0.2, 0) is 0 Å². The molecule has 1 aliphatic heterocycles. The summed E-state index contributed by atoms with van der Waals surface area (Å²) in [6, 6.07) is 0.421. The number of nitrogens with zero attached hydrogens (tertiary/aromatic N) is 3. The maximum atomic E-state index is 12.4. The molecule has 1 atom stereocenters. The molecule has 0 spiro atoms. The van der Waals surface area contributed by atoms with Crippen LogP contribution in [0.1, 0.15) is 48.3 Å². The molecule has 1 aromatic rings. The summed E-state index contributed by atoms with van der Waals surface area (Å²) in [6.07, 6.45) is 7.43. The highest BCUT2D eigenvalue weighted by atomic mass is 32.1. The maximum absolute atomic E-state index is 12.4. The lowest BCUT2D eigenvalue weighted by Gasteiger charge is -2.28. The van der Waals surface area contributed by atoms with E-state index in [0.29, 0.717) is 22.1 Å². The summed E-state index contributed by atoms with van der Waals surface area (Å²) in [5.74, 6) is 0.723. The molecule has 2 heterocycles. The van der Waals surface area contributed by atoms with Crippen molar-refractivity contribution in [3.8, 4) is 0 Å². The Morgan fingerprint density at radius 1 is 1.22 bits per heavy atom. The van der Waals surface area contributed by atoms with Crippen LogP contribution in [-0.4, -0.2) is 33.6 Å². The Bertz CT molecular complexity index is 441. The van der Waals surface area contributed by atoms with Crippen LogP contribution in [0.15, 0.2) is 0 Å². The lowest BCUT2D eigenvalue weighted by molar-refractivity contribution is 0.0688. The monoisotopic (exact) mass is 266 g/mol. The van der Waals surface area contributed by atoms with Crippen molar-refractivity contribution in [1.29, 1.82) is 0 Å². The molecule has 1 aliphatic carbocycles. The summed E-state index contributed by atoms with van der Waals surface area (Å²) in [5, 5.41) is 8.42. The minimum absolute atomic E-state index is 0.0265. The third kappa shape index (κ3) is 2.09. The van der Waals surface area contributed by atoms with E-state index in [1.165, 1.54) is 37.0 Å². The second-order valence-electron chi connectivity index (χ2n) is 5.20. The number of likely N-dealkylation sites (tertiary alicyclic amines) is 1. The lowest BCUT2D eigenvalue weighted by atomic mass is 9.96. The van der Waals surface area contributed by atoms with Crippen LogP contribution >= 0.6 is 11.3 Å². The quantitative estimate of drug-likeness (QED) is 0.887. The van der Waals surface area contributed by atoms with Crippen molar-refractivity contribution >= 4 is 22.4 Å². The molecule has 2 N–H and O–H groups in total. The number of nitrogens with two attached hydrogens (primary N) is 1. The Labute approximate surface area is 110 Å². The molecule has 1 amide bonds. The van der Waals surface area contributed by atoms with Crippen LogP contribution < -0.4 is 5.73 Å². The number of anilines is 1. The second-order valence-corrected chi connectivity index (χ2v) is 6.21. The highest BCUT2D eigenvalue weighted by Gasteiger charge is 2.37. The topological polar surface area (TPSA) is 72.1 Å². The van der Waals surface area contributed by atoms with Gasteiger partial charge in [0.05, 0.1) is 0 Å². The number of nitrogen functional groups attached to an aromatic ring is 1. The summed E-state index contributed by atoms with van der Waals surface area (Å²) >= 11 is 1.19. The highest BCUT2D eigenvalue weighted by Crippen LogP contribution is 2.36. The van der Waals surface area contributed by atoms with Gasteiger partial charge in [-0.3, -0.25) is 4.79 Å². The first kappa shape index (κ1) is 11.9. The molecular weight excluding hydrogens is 248 g/mol. The van der Waals surface area contributed by atoms with Crippen LogP contribution in [0.3, 0.4) is 0 Å².